The van der Waals surface area contributed by atoms with Gasteiger partial charge in [0.2, 0.25) is 5.91 Å². The summed E-state index contributed by atoms with van der Waals surface area (Å²) in [6.07, 6.45) is 0. The summed E-state index contributed by atoms with van der Waals surface area (Å²) in [6, 6.07) is 7.25. The summed E-state index contributed by atoms with van der Waals surface area (Å²) in [5, 5.41) is 2.60. The molecule has 128 valence electrons. The molecule has 0 bridgehead atoms. The van der Waals surface area contributed by atoms with Crippen LogP contribution in [0.15, 0.2) is 24.3 Å². The number of amides is 3. The summed E-state index contributed by atoms with van der Waals surface area (Å²) < 4.78 is 5.75. The zero-order chi connectivity index (χ0) is 17.3. The number of morpholine rings is 1. The van der Waals surface area contributed by atoms with Crippen molar-refractivity contribution in [3.8, 4) is 0 Å². The van der Waals surface area contributed by atoms with Crippen molar-refractivity contribution in [3.05, 3.63) is 29.8 Å². The van der Waals surface area contributed by atoms with Crippen LogP contribution in [0, 0.1) is 6.92 Å². The van der Waals surface area contributed by atoms with Gasteiger partial charge in [0.25, 0.3) is 0 Å². The number of carbonyl (C=O) groups excluding carboxylic acids is 3. The molecule has 0 saturated carbocycles. The molecular formula is C17H21N3O4. The van der Waals surface area contributed by atoms with Crippen LogP contribution in [0.3, 0.4) is 0 Å². The molecule has 0 aromatic heterocycles. The van der Waals surface area contributed by atoms with Crippen molar-refractivity contribution in [3.63, 3.8) is 0 Å². The number of nitrogens with one attached hydrogen (secondary N) is 1. The van der Waals surface area contributed by atoms with E-state index in [0.717, 1.165) is 5.56 Å². The van der Waals surface area contributed by atoms with Gasteiger partial charge in [0.15, 0.2) is 0 Å². The fraction of sp³-hybridized carbons (Fsp3) is 0.471. The van der Waals surface area contributed by atoms with E-state index < -0.39 is 17.4 Å². The van der Waals surface area contributed by atoms with E-state index in [1.165, 1.54) is 11.8 Å². The minimum atomic E-state index is -0.659. The zero-order valence-electron chi connectivity index (χ0n) is 13.9. The molecule has 2 aliphatic heterocycles. The van der Waals surface area contributed by atoms with E-state index in [1.54, 1.807) is 17.0 Å². The standard InChI is InChI=1S/C17H21N3O4/c1-12-3-5-14(6-4-12)18-15(22)16(23)20-10-17(11-20)9-19(13(2)21)7-8-24-17/h3-6H,7-11H2,1-2H3,(H,18,22). The van der Waals surface area contributed by atoms with E-state index in [-0.39, 0.29) is 5.91 Å². The number of benzene rings is 1. The lowest BCUT2D eigenvalue weighted by Gasteiger charge is -2.53. The Balaban J connectivity index is 1.55. The number of hydrogen-bond donors (Lipinski definition) is 1. The lowest BCUT2D eigenvalue weighted by molar-refractivity contribution is -0.193. The molecule has 2 fully saturated rings. The maximum atomic E-state index is 12.2. The predicted molar refractivity (Wildman–Crippen MR) is 87.3 cm³/mol. The van der Waals surface area contributed by atoms with Crippen molar-refractivity contribution in [2.75, 3.05) is 38.1 Å². The summed E-state index contributed by atoms with van der Waals surface area (Å²) in [4.78, 5) is 39.0. The van der Waals surface area contributed by atoms with E-state index in [4.69, 9.17) is 4.74 Å². The summed E-state index contributed by atoms with van der Waals surface area (Å²) in [5.74, 6) is -1.24. The fourth-order valence-corrected chi connectivity index (χ4v) is 3.06. The van der Waals surface area contributed by atoms with Gasteiger partial charge in [0.1, 0.15) is 5.60 Å². The topological polar surface area (TPSA) is 79.0 Å². The summed E-state index contributed by atoms with van der Waals surface area (Å²) in [7, 11) is 0. The number of carbonyl (C=O) groups is 3. The average Bonchev–Trinajstić information content (AvgIpc) is 2.54. The predicted octanol–water partition coefficient (Wildman–Crippen LogP) is 0.393. The van der Waals surface area contributed by atoms with Crippen LogP contribution in [0.2, 0.25) is 0 Å². The Hall–Kier alpha value is -2.41. The molecule has 2 aliphatic rings. The molecule has 0 aliphatic carbocycles. The van der Waals surface area contributed by atoms with Crippen molar-refractivity contribution in [2.45, 2.75) is 19.4 Å². The molecule has 0 unspecified atom stereocenters. The second-order valence-corrected chi connectivity index (χ2v) is 6.45. The van der Waals surface area contributed by atoms with Gasteiger partial charge in [-0.3, -0.25) is 14.4 Å². The van der Waals surface area contributed by atoms with Crippen LogP contribution in [-0.4, -0.2) is 65.9 Å². The monoisotopic (exact) mass is 331 g/mol. The van der Waals surface area contributed by atoms with Gasteiger partial charge >= 0.3 is 11.8 Å². The average molecular weight is 331 g/mol. The first-order valence-electron chi connectivity index (χ1n) is 7.95. The highest BCUT2D eigenvalue weighted by atomic mass is 16.5. The third kappa shape index (κ3) is 3.26. The highest BCUT2D eigenvalue weighted by molar-refractivity contribution is 6.39. The molecule has 2 heterocycles. The van der Waals surface area contributed by atoms with Crippen LogP contribution in [0.4, 0.5) is 5.69 Å². The summed E-state index contributed by atoms with van der Waals surface area (Å²) in [5.41, 5.74) is 1.14. The molecule has 1 spiro atoms. The van der Waals surface area contributed by atoms with Crippen LogP contribution < -0.4 is 5.32 Å². The minimum Gasteiger partial charge on any atom is -0.368 e. The first-order valence-corrected chi connectivity index (χ1v) is 7.95. The number of aryl methyl sites for hydroxylation is 1. The van der Waals surface area contributed by atoms with Gasteiger partial charge in [-0.2, -0.15) is 0 Å². The third-order valence-electron chi connectivity index (χ3n) is 4.44. The van der Waals surface area contributed by atoms with E-state index >= 15 is 0 Å². The molecule has 7 heteroatoms. The molecular weight excluding hydrogens is 310 g/mol. The largest absolute Gasteiger partial charge is 0.368 e. The van der Waals surface area contributed by atoms with Crippen LogP contribution >= 0.6 is 0 Å². The van der Waals surface area contributed by atoms with Crippen LogP contribution in [0.5, 0.6) is 0 Å². The zero-order valence-corrected chi connectivity index (χ0v) is 13.9. The number of rotatable bonds is 1. The number of nitrogens with zero attached hydrogens (tertiary/aromatic N) is 2. The smallest absolute Gasteiger partial charge is 0.313 e. The molecule has 2 saturated heterocycles. The third-order valence-corrected chi connectivity index (χ3v) is 4.44. The normalized spacial score (nSPS) is 18.9. The van der Waals surface area contributed by atoms with Crippen molar-refractivity contribution >= 4 is 23.4 Å². The van der Waals surface area contributed by atoms with E-state index in [1.807, 2.05) is 19.1 Å². The highest BCUT2D eigenvalue weighted by Gasteiger charge is 2.50. The number of ether oxygens (including phenoxy) is 1. The Labute approximate surface area is 140 Å². The number of anilines is 1. The van der Waals surface area contributed by atoms with E-state index in [2.05, 4.69) is 5.32 Å². The fourth-order valence-electron chi connectivity index (χ4n) is 3.06. The Morgan fingerprint density at radius 2 is 1.71 bits per heavy atom. The summed E-state index contributed by atoms with van der Waals surface area (Å²) >= 11 is 0. The molecule has 24 heavy (non-hydrogen) atoms. The van der Waals surface area contributed by atoms with Crippen LogP contribution in [-0.2, 0) is 19.1 Å². The Morgan fingerprint density at radius 1 is 1.08 bits per heavy atom. The van der Waals surface area contributed by atoms with E-state index in [0.29, 0.717) is 38.5 Å². The first-order chi connectivity index (χ1) is 11.4. The van der Waals surface area contributed by atoms with Crippen LogP contribution in [0.25, 0.3) is 0 Å². The Morgan fingerprint density at radius 3 is 2.33 bits per heavy atom. The van der Waals surface area contributed by atoms with Gasteiger partial charge < -0.3 is 19.9 Å². The van der Waals surface area contributed by atoms with Crippen molar-refractivity contribution in [1.82, 2.24) is 9.80 Å². The van der Waals surface area contributed by atoms with Gasteiger partial charge in [-0.05, 0) is 19.1 Å². The van der Waals surface area contributed by atoms with Gasteiger partial charge in [0.05, 0.1) is 26.2 Å². The maximum absolute atomic E-state index is 12.2. The minimum absolute atomic E-state index is 0.000402. The SMILES string of the molecule is CC(=O)N1CCOC2(C1)CN(C(=O)C(=O)Nc1ccc(C)cc1)C2. The van der Waals surface area contributed by atoms with Gasteiger partial charge in [-0.25, -0.2) is 0 Å². The quantitative estimate of drug-likeness (QED) is 0.755. The molecule has 1 N–H and O–H groups in total. The molecule has 3 rings (SSSR count). The van der Waals surface area contributed by atoms with Crippen LogP contribution in [0.1, 0.15) is 12.5 Å². The molecule has 3 amide bonds. The molecule has 0 atom stereocenters. The van der Waals surface area contributed by atoms with Crippen molar-refractivity contribution < 1.29 is 19.1 Å². The molecule has 1 aromatic rings. The molecule has 0 radical (unpaired) electrons. The highest BCUT2D eigenvalue weighted by Crippen LogP contribution is 2.29. The van der Waals surface area contributed by atoms with Crippen molar-refractivity contribution in [1.29, 1.82) is 0 Å². The van der Waals surface area contributed by atoms with E-state index in [9.17, 15) is 14.4 Å². The number of hydrogen-bond acceptors (Lipinski definition) is 4. The second kappa shape index (κ2) is 6.24. The van der Waals surface area contributed by atoms with Crippen molar-refractivity contribution in [2.24, 2.45) is 0 Å². The number of likely N-dealkylation sites (tertiary alicyclic amines) is 1. The Bertz CT molecular complexity index is 665. The molecule has 7 nitrogen and oxygen atoms in total. The van der Waals surface area contributed by atoms with Gasteiger partial charge in [-0.15, -0.1) is 0 Å². The van der Waals surface area contributed by atoms with Gasteiger partial charge in [-0.1, -0.05) is 17.7 Å². The second-order valence-electron chi connectivity index (χ2n) is 6.45. The first kappa shape index (κ1) is 16.4. The Kier molecular flexibility index (Phi) is 4.28. The maximum Gasteiger partial charge on any atom is 0.313 e. The lowest BCUT2D eigenvalue weighted by Crippen LogP contribution is -2.72. The lowest BCUT2D eigenvalue weighted by atomic mass is 9.91. The molecule has 1 aromatic carbocycles. The summed E-state index contributed by atoms with van der Waals surface area (Å²) in [6.45, 7) is 5.62. The van der Waals surface area contributed by atoms with Gasteiger partial charge in [0, 0.05) is 19.2 Å².